The SMILES string of the molecule is O=C(CCCCCNS(=O)(=O)c1ccc2c(c1)OCCO2)N1CCCC1CN1CCCC1. The molecule has 3 aliphatic rings. The van der Waals surface area contributed by atoms with Crippen LogP contribution in [0.25, 0.3) is 0 Å². The zero-order chi connectivity index (χ0) is 22.4. The lowest BCUT2D eigenvalue weighted by Crippen LogP contribution is -2.42. The van der Waals surface area contributed by atoms with Crippen LogP contribution in [-0.2, 0) is 14.8 Å². The fourth-order valence-corrected chi connectivity index (χ4v) is 5.91. The molecule has 8 nitrogen and oxygen atoms in total. The number of benzene rings is 1. The van der Waals surface area contributed by atoms with Crippen LogP contribution in [0.15, 0.2) is 23.1 Å². The first-order valence-corrected chi connectivity index (χ1v) is 13.4. The van der Waals surface area contributed by atoms with Crippen LogP contribution in [0.2, 0.25) is 0 Å². The van der Waals surface area contributed by atoms with Crippen LogP contribution in [0.5, 0.6) is 11.5 Å². The van der Waals surface area contributed by atoms with Crippen LogP contribution in [0, 0.1) is 0 Å². The fraction of sp³-hybridized carbons (Fsp3) is 0.696. The van der Waals surface area contributed by atoms with Gasteiger partial charge in [0.15, 0.2) is 11.5 Å². The number of unbranched alkanes of at least 4 members (excludes halogenated alkanes) is 2. The zero-order valence-corrected chi connectivity index (χ0v) is 19.6. The molecule has 0 spiro atoms. The van der Waals surface area contributed by atoms with E-state index in [1.807, 2.05) is 0 Å². The highest BCUT2D eigenvalue weighted by Crippen LogP contribution is 2.32. The van der Waals surface area contributed by atoms with Crippen molar-refractivity contribution in [2.75, 3.05) is 45.9 Å². The molecule has 0 saturated carbocycles. The number of hydrogen-bond acceptors (Lipinski definition) is 6. The van der Waals surface area contributed by atoms with Crippen molar-refractivity contribution in [3.63, 3.8) is 0 Å². The molecule has 178 valence electrons. The van der Waals surface area contributed by atoms with Crippen LogP contribution in [-0.4, -0.2) is 76.1 Å². The molecule has 3 heterocycles. The molecule has 0 aliphatic carbocycles. The van der Waals surface area contributed by atoms with Crippen LogP contribution in [0.3, 0.4) is 0 Å². The zero-order valence-electron chi connectivity index (χ0n) is 18.8. The van der Waals surface area contributed by atoms with Crippen molar-refractivity contribution < 1.29 is 22.7 Å². The van der Waals surface area contributed by atoms with E-state index < -0.39 is 10.0 Å². The maximum atomic E-state index is 12.7. The van der Waals surface area contributed by atoms with Gasteiger partial charge in [-0.05, 0) is 63.7 Å². The van der Waals surface area contributed by atoms with Gasteiger partial charge in [0.1, 0.15) is 13.2 Å². The summed E-state index contributed by atoms with van der Waals surface area (Å²) in [6, 6.07) is 5.04. The van der Waals surface area contributed by atoms with Crippen molar-refractivity contribution in [1.29, 1.82) is 0 Å². The van der Waals surface area contributed by atoms with Crippen molar-refractivity contribution in [2.45, 2.75) is 62.3 Å². The molecule has 32 heavy (non-hydrogen) atoms. The predicted molar refractivity (Wildman–Crippen MR) is 121 cm³/mol. The van der Waals surface area contributed by atoms with E-state index in [4.69, 9.17) is 9.47 Å². The predicted octanol–water partition coefficient (Wildman–Crippen LogP) is 2.38. The summed E-state index contributed by atoms with van der Waals surface area (Å²) in [5.41, 5.74) is 0. The van der Waals surface area contributed by atoms with Crippen LogP contribution in [0.1, 0.15) is 51.4 Å². The molecule has 1 unspecified atom stereocenters. The van der Waals surface area contributed by atoms with Crippen molar-refractivity contribution >= 4 is 15.9 Å². The van der Waals surface area contributed by atoms with Crippen LogP contribution >= 0.6 is 0 Å². The van der Waals surface area contributed by atoms with E-state index in [1.165, 1.54) is 38.1 Å². The Labute approximate surface area is 191 Å². The van der Waals surface area contributed by atoms with E-state index in [1.54, 1.807) is 6.07 Å². The van der Waals surface area contributed by atoms with Crippen molar-refractivity contribution in [3.05, 3.63) is 18.2 Å². The topological polar surface area (TPSA) is 88.2 Å². The lowest BCUT2D eigenvalue weighted by Gasteiger charge is -2.28. The number of nitrogens with zero attached hydrogens (tertiary/aromatic N) is 2. The summed E-state index contributed by atoms with van der Waals surface area (Å²) in [4.78, 5) is 17.5. The van der Waals surface area contributed by atoms with Gasteiger partial charge in [-0.15, -0.1) is 0 Å². The quantitative estimate of drug-likeness (QED) is 0.534. The van der Waals surface area contributed by atoms with Gasteiger partial charge < -0.3 is 19.3 Å². The van der Waals surface area contributed by atoms with Gasteiger partial charge in [0.2, 0.25) is 15.9 Å². The molecule has 0 radical (unpaired) electrons. The van der Waals surface area contributed by atoms with Crippen molar-refractivity contribution in [2.24, 2.45) is 0 Å². The number of sulfonamides is 1. The summed E-state index contributed by atoms with van der Waals surface area (Å²) in [6.07, 6.45) is 7.63. The molecule has 9 heteroatoms. The molecule has 2 fully saturated rings. The third kappa shape index (κ3) is 5.94. The third-order valence-corrected chi connectivity index (χ3v) is 8.01. The molecule has 4 rings (SSSR count). The summed E-state index contributed by atoms with van der Waals surface area (Å²) in [7, 11) is -3.59. The van der Waals surface area contributed by atoms with Gasteiger partial charge in [-0.1, -0.05) is 6.42 Å². The first kappa shape index (κ1) is 23.3. The first-order chi connectivity index (χ1) is 15.5. The van der Waals surface area contributed by atoms with Gasteiger partial charge in [0.25, 0.3) is 0 Å². The minimum Gasteiger partial charge on any atom is -0.486 e. The lowest BCUT2D eigenvalue weighted by molar-refractivity contribution is -0.132. The second-order valence-electron chi connectivity index (χ2n) is 8.90. The molecular formula is C23H35N3O5S. The number of carbonyl (C=O) groups excluding carboxylic acids is 1. The lowest BCUT2D eigenvalue weighted by atomic mass is 10.1. The highest BCUT2D eigenvalue weighted by Gasteiger charge is 2.30. The second kappa shape index (κ2) is 10.9. The number of hydrogen-bond donors (Lipinski definition) is 1. The Morgan fingerprint density at radius 1 is 1.00 bits per heavy atom. The molecule has 2 saturated heterocycles. The number of amides is 1. The maximum Gasteiger partial charge on any atom is 0.240 e. The molecular weight excluding hydrogens is 430 g/mol. The monoisotopic (exact) mass is 465 g/mol. The highest BCUT2D eigenvalue weighted by molar-refractivity contribution is 7.89. The minimum absolute atomic E-state index is 0.176. The minimum atomic E-state index is -3.59. The molecule has 1 N–H and O–H groups in total. The normalized spacial score (nSPS) is 21.2. The summed E-state index contributed by atoms with van der Waals surface area (Å²) < 4.78 is 38.6. The van der Waals surface area contributed by atoms with Crippen LogP contribution < -0.4 is 14.2 Å². The molecule has 0 bridgehead atoms. The summed E-state index contributed by atoms with van der Waals surface area (Å²) in [5, 5.41) is 0. The van der Waals surface area contributed by atoms with Gasteiger partial charge in [-0.2, -0.15) is 0 Å². The molecule has 1 atom stereocenters. The third-order valence-electron chi connectivity index (χ3n) is 6.55. The molecule has 3 aliphatic heterocycles. The number of likely N-dealkylation sites (tertiary alicyclic amines) is 2. The Morgan fingerprint density at radius 3 is 2.59 bits per heavy atom. The largest absolute Gasteiger partial charge is 0.486 e. The summed E-state index contributed by atoms with van der Waals surface area (Å²) in [6.45, 7) is 5.48. The number of rotatable bonds is 10. The number of ether oxygens (including phenoxy) is 2. The van der Waals surface area contributed by atoms with E-state index in [9.17, 15) is 13.2 Å². The Kier molecular flexibility index (Phi) is 7.91. The highest BCUT2D eigenvalue weighted by atomic mass is 32.2. The second-order valence-corrected chi connectivity index (χ2v) is 10.7. The number of nitrogens with one attached hydrogen (secondary N) is 1. The first-order valence-electron chi connectivity index (χ1n) is 11.9. The maximum absolute atomic E-state index is 12.7. The average Bonchev–Trinajstić information content (AvgIpc) is 3.48. The number of carbonyl (C=O) groups is 1. The van der Waals surface area contributed by atoms with E-state index in [0.29, 0.717) is 50.1 Å². The van der Waals surface area contributed by atoms with Gasteiger partial charge in [0, 0.05) is 38.2 Å². The molecule has 1 aromatic rings. The molecule has 1 amide bonds. The summed E-state index contributed by atoms with van der Waals surface area (Å²) >= 11 is 0. The smallest absolute Gasteiger partial charge is 0.240 e. The average molecular weight is 466 g/mol. The van der Waals surface area contributed by atoms with Gasteiger partial charge in [-0.25, -0.2) is 13.1 Å². The molecule has 1 aromatic carbocycles. The van der Waals surface area contributed by atoms with Gasteiger partial charge in [-0.3, -0.25) is 4.79 Å². The molecule has 0 aromatic heterocycles. The Hall–Kier alpha value is -1.84. The van der Waals surface area contributed by atoms with E-state index in [2.05, 4.69) is 14.5 Å². The standard InChI is InChI=1S/C23H35N3O5S/c27-23(26-14-6-7-19(26)18-25-12-4-5-13-25)8-2-1-3-11-24-32(28,29)20-9-10-21-22(17-20)31-16-15-30-21/h9-10,17,19,24H,1-8,11-16,18H2. The summed E-state index contributed by atoms with van der Waals surface area (Å²) in [5.74, 6) is 1.28. The van der Waals surface area contributed by atoms with E-state index >= 15 is 0 Å². The fourth-order valence-electron chi connectivity index (χ4n) is 4.82. The Bertz CT molecular complexity index is 886. The van der Waals surface area contributed by atoms with Gasteiger partial charge in [0.05, 0.1) is 4.90 Å². The van der Waals surface area contributed by atoms with Crippen LogP contribution in [0.4, 0.5) is 0 Å². The van der Waals surface area contributed by atoms with E-state index in [0.717, 1.165) is 38.8 Å². The Balaban J connectivity index is 1.15. The van der Waals surface area contributed by atoms with Gasteiger partial charge >= 0.3 is 0 Å². The van der Waals surface area contributed by atoms with Crippen molar-refractivity contribution in [3.8, 4) is 11.5 Å². The number of fused-ring (bicyclic) bond motifs is 1. The van der Waals surface area contributed by atoms with E-state index in [-0.39, 0.29) is 10.8 Å². The Morgan fingerprint density at radius 2 is 1.78 bits per heavy atom. The van der Waals surface area contributed by atoms with Crippen molar-refractivity contribution in [1.82, 2.24) is 14.5 Å².